The van der Waals surface area contributed by atoms with E-state index < -0.39 is 22.8 Å². The van der Waals surface area contributed by atoms with E-state index in [4.69, 9.17) is 4.74 Å². The summed E-state index contributed by atoms with van der Waals surface area (Å²) in [6.07, 6.45) is 6.04. The van der Waals surface area contributed by atoms with Crippen LogP contribution in [0.15, 0.2) is 36.7 Å². The quantitative estimate of drug-likeness (QED) is 0.693. The fourth-order valence-electron chi connectivity index (χ4n) is 5.51. The molecule has 2 amide bonds. The first-order valence-electron chi connectivity index (χ1n) is 11.0. The summed E-state index contributed by atoms with van der Waals surface area (Å²) in [6, 6.07) is 6.55. The molecular formula is C24H22FN3O4. The summed E-state index contributed by atoms with van der Waals surface area (Å²) in [5, 5.41) is 0. The molecule has 1 atom stereocenters. The molecule has 8 heteroatoms. The molecule has 2 saturated heterocycles. The highest BCUT2D eigenvalue weighted by atomic mass is 19.1. The van der Waals surface area contributed by atoms with E-state index in [1.165, 1.54) is 12.3 Å². The van der Waals surface area contributed by atoms with Crippen molar-refractivity contribution in [2.45, 2.75) is 43.1 Å². The number of fused-ring (bicyclic) bond motifs is 2. The highest BCUT2D eigenvalue weighted by Crippen LogP contribution is 2.53. The van der Waals surface area contributed by atoms with Crippen molar-refractivity contribution in [2.75, 3.05) is 24.5 Å². The lowest BCUT2D eigenvalue weighted by Crippen LogP contribution is -2.40. The van der Waals surface area contributed by atoms with Crippen LogP contribution in [0.2, 0.25) is 0 Å². The second kappa shape index (κ2) is 6.60. The van der Waals surface area contributed by atoms with Gasteiger partial charge in [0.15, 0.2) is 5.60 Å². The van der Waals surface area contributed by atoms with Gasteiger partial charge in [0.1, 0.15) is 5.82 Å². The average molecular weight is 435 g/mol. The molecule has 6 rings (SSSR count). The number of rotatable bonds is 3. The molecule has 2 aromatic rings. The Morgan fingerprint density at radius 2 is 1.94 bits per heavy atom. The van der Waals surface area contributed by atoms with Crippen molar-refractivity contribution in [2.24, 2.45) is 0 Å². The van der Waals surface area contributed by atoms with E-state index >= 15 is 4.39 Å². The molecule has 32 heavy (non-hydrogen) atoms. The number of esters is 1. The van der Waals surface area contributed by atoms with Crippen molar-refractivity contribution in [3.05, 3.63) is 59.2 Å². The van der Waals surface area contributed by atoms with Crippen molar-refractivity contribution in [3.63, 3.8) is 0 Å². The third-order valence-corrected chi connectivity index (χ3v) is 7.35. The van der Waals surface area contributed by atoms with E-state index in [1.807, 2.05) is 0 Å². The Balaban J connectivity index is 1.26. The molecule has 1 saturated carbocycles. The molecule has 164 valence electrons. The number of halogens is 1. The SMILES string of the molecule is O=C1O[C@]2(CCN(C(=O)C3(c4ccc(N5CCCC5=O)cc4F)CC3)C2)c2ccncc21. The standard InChI is InChI=1S/C24H22FN3O4/c25-19-12-15(28-10-1-2-20(28)29)3-4-18(19)23(6-7-23)22(31)27-11-8-24(14-27)17-5-9-26-13-16(17)21(30)32-24/h3-5,9,12-13H,1-2,6-8,10-11,14H2/t24-/m0/s1. The van der Waals surface area contributed by atoms with Gasteiger partial charge in [-0.3, -0.25) is 14.6 Å². The molecule has 0 unspecified atom stereocenters. The Kier molecular flexibility index (Phi) is 4.00. The van der Waals surface area contributed by atoms with E-state index in [1.54, 1.807) is 34.2 Å². The number of hydrogen-bond donors (Lipinski definition) is 0. The molecule has 1 aromatic heterocycles. The summed E-state index contributed by atoms with van der Waals surface area (Å²) >= 11 is 0. The number of ether oxygens (including phenoxy) is 1. The maximum atomic E-state index is 15.2. The summed E-state index contributed by atoms with van der Waals surface area (Å²) in [7, 11) is 0. The van der Waals surface area contributed by atoms with Crippen molar-refractivity contribution >= 4 is 23.5 Å². The van der Waals surface area contributed by atoms with Gasteiger partial charge < -0.3 is 14.5 Å². The first-order valence-corrected chi connectivity index (χ1v) is 11.0. The molecule has 1 spiro atoms. The average Bonchev–Trinajstić information content (AvgIpc) is 3.16. The number of pyridine rings is 1. The molecule has 1 aliphatic carbocycles. The summed E-state index contributed by atoms with van der Waals surface area (Å²) in [5.74, 6) is -0.998. The van der Waals surface area contributed by atoms with E-state index in [-0.39, 0.29) is 18.4 Å². The van der Waals surface area contributed by atoms with E-state index in [0.29, 0.717) is 55.6 Å². The summed E-state index contributed by atoms with van der Waals surface area (Å²) in [5.41, 5.74) is 0.406. The van der Waals surface area contributed by atoms with Crippen molar-refractivity contribution in [1.29, 1.82) is 0 Å². The van der Waals surface area contributed by atoms with Gasteiger partial charge in [-0.05, 0) is 37.5 Å². The van der Waals surface area contributed by atoms with Gasteiger partial charge >= 0.3 is 5.97 Å². The summed E-state index contributed by atoms with van der Waals surface area (Å²) < 4.78 is 20.9. The highest BCUT2D eigenvalue weighted by molar-refractivity contribution is 5.97. The smallest absolute Gasteiger partial charge is 0.341 e. The van der Waals surface area contributed by atoms with Crippen LogP contribution in [0.1, 0.15) is 53.6 Å². The first-order chi connectivity index (χ1) is 15.4. The number of amides is 2. The number of hydrogen-bond acceptors (Lipinski definition) is 5. The van der Waals surface area contributed by atoms with Crippen molar-refractivity contribution in [3.8, 4) is 0 Å². The van der Waals surface area contributed by atoms with Gasteiger partial charge in [-0.15, -0.1) is 0 Å². The van der Waals surface area contributed by atoms with Gasteiger partial charge in [-0.1, -0.05) is 6.07 Å². The zero-order valence-corrected chi connectivity index (χ0v) is 17.5. The molecular weight excluding hydrogens is 413 g/mol. The zero-order chi connectivity index (χ0) is 22.1. The Labute approximate surface area is 184 Å². The zero-order valence-electron chi connectivity index (χ0n) is 17.5. The Morgan fingerprint density at radius 3 is 2.66 bits per heavy atom. The Bertz CT molecular complexity index is 1180. The largest absolute Gasteiger partial charge is 0.449 e. The molecule has 1 aromatic carbocycles. The second-order valence-electron chi connectivity index (χ2n) is 9.18. The van der Waals surface area contributed by atoms with Crippen LogP contribution in [0.4, 0.5) is 10.1 Å². The topological polar surface area (TPSA) is 79.8 Å². The molecule has 0 bridgehead atoms. The number of likely N-dealkylation sites (tertiary alicyclic amines) is 1. The first kappa shape index (κ1) is 19.4. The van der Waals surface area contributed by atoms with Gasteiger partial charge in [0.05, 0.1) is 17.5 Å². The fourth-order valence-corrected chi connectivity index (χ4v) is 5.51. The van der Waals surface area contributed by atoms with E-state index in [2.05, 4.69) is 4.98 Å². The molecule has 3 aliphatic heterocycles. The molecule has 4 aliphatic rings. The van der Waals surface area contributed by atoms with Crippen LogP contribution in [-0.4, -0.2) is 47.3 Å². The monoisotopic (exact) mass is 435 g/mol. The van der Waals surface area contributed by atoms with E-state index in [0.717, 1.165) is 12.0 Å². The third kappa shape index (κ3) is 2.64. The summed E-state index contributed by atoms with van der Waals surface area (Å²) in [6.45, 7) is 1.29. The minimum Gasteiger partial charge on any atom is -0.449 e. The molecule has 0 radical (unpaired) electrons. The normalized spacial score (nSPS) is 25.4. The van der Waals surface area contributed by atoms with Crippen LogP contribution in [0.25, 0.3) is 0 Å². The van der Waals surface area contributed by atoms with Crippen LogP contribution in [0, 0.1) is 5.82 Å². The van der Waals surface area contributed by atoms with Gasteiger partial charge in [0.25, 0.3) is 0 Å². The van der Waals surface area contributed by atoms with Crippen LogP contribution in [0.5, 0.6) is 0 Å². The van der Waals surface area contributed by atoms with Crippen LogP contribution in [0.3, 0.4) is 0 Å². The number of aromatic nitrogens is 1. The van der Waals surface area contributed by atoms with E-state index in [9.17, 15) is 14.4 Å². The lowest BCUT2D eigenvalue weighted by Gasteiger charge is -2.27. The van der Waals surface area contributed by atoms with Crippen LogP contribution >= 0.6 is 0 Å². The maximum absolute atomic E-state index is 15.2. The van der Waals surface area contributed by atoms with Crippen molar-refractivity contribution < 1.29 is 23.5 Å². The number of anilines is 1. The lowest BCUT2D eigenvalue weighted by atomic mass is 9.92. The predicted molar refractivity (Wildman–Crippen MR) is 111 cm³/mol. The van der Waals surface area contributed by atoms with Gasteiger partial charge in [0.2, 0.25) is 11.8 Å². The second-order valence-corrected chi connectivity index (χ2v) is 9.18. The lowest BCUT2D eigenvalue weighted by molar-refractivity contribution is -0.134. The predicted octanol–water partition coefficient (Wildman–Crippen LogP) is 2.68. The highest BCUT2D eigenvalue weighted by Gasteiger charge is 2.58. The maximum Gasteiger partial charge on any atom is 0.341 e. The van der Waals surface area contributed by atoms with Crippen molar-refractivity contribution in [1.82, 2.24) is 9.88 Å². The molecule has 0 N–H and O–H groups in total. The van der Waals surface area contributed by atoms with Crippen LogP contribution < -0.4 is 4.90 Å². The fraction of sp³-hybridized carbons (Fsp3) is 0.417. The Hall–Kier alpha value is -3.29. The van der Waals surface area contributed by atoms with Gasteiger partial charge in [-0.25, -0.2) is 9.18 Å². The molecule has 3 fully saturated rings. The Morgan fingerprint density at radius 1 is 1.09 bits per heavy atom. The summed E-state index contributed by atoms with van der Waals surface area (Å²) in [4.78, 5) is 45.2. The molecule has 7 nitrogen and oxygen atoms in total. The molecule has 4 heterocycles. The third-order valence-electron chi connectivity index (χ3n) is 7.35. The number of carbonyl (C=O) groups excluding carboxylic acids is 3. The number of carbonyl (C=O) groups is 3. The van der Waals surface area contributed by atoms with Gasteiger partial charge in [0, 0.05) is 55.1 Å². The van der Waals surface area contributed by atoms with Gasteiger partial charge in [-0.2, -0.15) is 0 Å². The minimum absolute atomic E-state index is 0.00156. The minimum atomic E-state index is -0.882. The number of nitrogens with zero attached hydrogens (tertiary/aromatic N) is 3. The van der Waals surface area contributed by atoms with Crippen LogP contribution in [-0.2, 0) is 25.3 Å². The number of benzene rings is 1.